The zero-order chi connectivity index (χ0) is 16.7. The average Bonchev–Trinajstić information content (AvgIpc) is 2.56. The Kier molecular flexibility index (Phi) is 6.20. The van der Waals surface area contributed by atoms with Crippen molar-refractivity contribution in [2.45, 2.75) is 45.1 Å². The molecule has 5 nitrogen and oxygen atoms in total. The van der Waals surface area contributed by atoms with Gasteiger partial charge in [0.25, 0.3) is 5.91 Å². The van der Waals surface area contributed by atoms with Crippen LogP contribution in [0.25, 0.3) is 0 Å². The van der Waals surface area contributed by atoms with E-state index in [1.165, 1.54) is 42.7 Å². The number of amides is 1. The summed E-state index contributed by atoms with van der Waals surface area (Å²) in [6.45, 7) is 2.11. The second-order valence-electron chi connectivity index (χ2n) is 5.74. The zero-order valence-corrected chi connectivity index (χ0v) is 13.4. The van der Waals surface area contributed by atoms with Crippen molar-refractivity contribution >= 4 is 11.9 Å². The minimum atomic E-state index is -0.850. The van der Waals surface area contributed by atoms with Crippen LogP contribution in [0.2, 0.25) is 0 Å². The fourth-order valence-corrected chi connectivity index (χ4v) is 2.50. The lowest BCUT2D eigenvalue weighted by Gasteiger charge is -2.15. The number of carbonyl (C=O) groups is 2. The van der Waals surface area contributed by atoms with Crippen LogP contribution >= 0.6 is 0 Å². The molecule has 0 unspecified atom stereocenters. The van der Waals surface area contributed by atoms with E-state index in [1.807, 2.05) is 0 Å². The normalized spacial score (nSPS) is 15.4. The molecule has 1 aromatic carbocycles. The third kappa shape index (κ3) is 5.43. The van der Waals surface area contributed by atoms with E-state index < -0.39 is 12.1 Å². The highest BCUT2D eigenvalue weighted by molar-refractivity contribution is 5.92. The second kappa shape index (κ2) is 8.36. The number of hydrogen-bond acceptors (Lipinski definition) is 4. The zero-order valence-electron chi connectivity index (χ0n) is 13.4. The molecular weight excluding hydrogens is 294 g/mol. The van der Waals surface area contributed by atoms with Crippen LogP contribution in [0.3, 0.4) is 0 Å². The number of nitrogens with one attached hydrogen (secondary N) is 1. The highest BCUT2D eigenvalue weighted by atomic mass is 16.5. The quantitative estimate of drug-likeness (QED) is 0.625. The first-order valence-corrected chi connectivity index (χ1v) is 8.02. The predicted octanol–water partition coefficient (Wildman–Crippen LogP) is 2.94. The molecule has 2 N–H and O–H groups in total. The Morgan fingerprint density at radius 2 is 2.00 bits per heavy atom. The first-order valence-electron chi connectivity index (χ1n) is 8.02. The summed E-state index contributed by atoms with van der Waals surface area (Å²) < 4.78 is 5.13. The molecule has 1 aliphatic rings. The van der Waals surface area contributed by atoms with Gasteiger partial charge in [0.2, 0.25) is 0 Å². The maximum Gasteiger partial charge on any atom is 0.338 e. The van der Waals surface area contributed by atoms with Crippen molar-refractivity contribution in [1.29, 1.82) is 0 Å². The molecule has 124 valence electrons. The third-order valence-electron chi connectivity index (χ3n) is 3.89. The number of esters is 1. The van der Waals surface area contributed by atoms with Crippen LogP contribution in [-0.4, -0.2) is 29.6 Å². The van der Waals surface area contributed by atoms with E-state index in [9.17, 15) is 14.7 Å². The molecule has 0 aromatic heterocycles. The Hall–Kier alpha value is -2.30. The Balaban J connectivity index is 1.74. The molecule has 0 fully saturated rings. The summed E-state index contributed by atoms with van der Waals surface area (Å²) >= 11 is 0. The summed E-state index contributed by atoms with van der Waals surface area (Å²) in [4.78, 5) is 23.9. The first kappa shape index (κ1) is 17.1. The predicted molar refractivity (Wildman–Crippen MR) is 87.2 cm³/mol. The average molecular weight is 317 g/mol. The van der Waals surface area contributed by atoms with Crippen LogP contribution in [0.1, 0.15) is 49.4 Å². The smallest absolute Gasteiger partial charge is 0.338 e. The lowest BCUT2D eigenvalue weighted by Crippen LogP contribution is -2.36. The van der Waals surface area contributed by atoms with Crippen LogP contribution in [-0.2, 0) is 9.53 Å². The molecule has 1 amide bonds. The van der Waals surface area contributed by atoms with Crippen molar-refractivity contribution in [2.24, 2.45) is 0 Å². The number of ether oxygens (including phenoxy) is 1. The SMILES string of the molecule is C[C@H](OC(=O)c1ccc(O)cc1)C(=O)NCCC1=CCCCC1. The highest BCUT2D eigenvalue weighted by Crippen LogP contribution is 2.19. The fourth-order valence-electron chi connectivity index (χ4n) is 2.50. The third-order valence-corrected chi connectivity index (χ3v) is 3.89. The maximum absolute atomic E-state index is 12.0. The largest absolute Gasteiger partial charge is 0.508 e. The number of allylic oxidation sites excluding steroid dienone is 1. The van der Waals surface area contributed by atoms with Crippen molar-refractivity contribution in [3.63, 3.8) is 0 Å². The molecule has 0 saturated heterocycles. The number of aromatic hydroxyl groups is 1. The van der Waals surface area contributed by atoms with E-state index in [0.717, 1.165) is 19.3 Å². The lowest BCUT2D eigenvalue weighted by molar-refractivity contribution is -0.129. The minimum absolute atomic E-state index is 0.0735. The molecule has 0 radical (unpaired) electrons. The summed E-state index contributed by atoms with van der Waals surface area (Å²) in [6, 6.07) is 5.72. The maximum atomic E-state index is 12.0. The van der Waals surface area contributed by atoms with Gasteiger partial charge in [-0.15, -0.1) is 0 Å². The number of carbonyl (C=O) groups excluding carboxylic acids is 2. The van der Waals surface area contributed by atoms with Gasteiger partial charge in [-0.3, -0.25) is 4.79 Å². The van der Waals surface area contributed by atoms with E-state index in [0.29, 0.717) is 12.1 Å². The van der Waals surface area contributed by atoms with Crippen molar-refractivity contribution in [3.8, 4) is 5.75 Å². The number of benzene rings is 1. The fraction of sp³-hybridized carbons (Fsp3) is 0.444. The van der Waals surface area contributed by atoms with Gasteiger partial charge in [-0.2, -0.15) is 0 Å². The molecule has 5 heteroatoms. The standard InChI is InChI=1S/C18H23NO4/c1-13(23-18(22)15-7-9-16(20)10-8-15)17(21)19-12-11-14-5-3-2-4-6-14/h5,7-10,13,20H,2-4,6,11-12H2,1H3,(H,19,21)/t13-/m0/s1. The topological polar surface area (TPSA) is 75.6 Å². The molecule has 1 atom stereocenters. The Bertz CT molecular complexity index is 577. The van der Waals surface area contributed by atoms with E-state index in [4.69, 9.17) is 4.74 Å². The molecule has 0 spiro atoms. The van der Waals surface area contributed by atoms with Gasteiger partial charge in [0, 0.05) is 6.54 Å². The molecule has 0 bridgehead atoms. The van der Waals surface area contributed by atoms with Crippen molar-refractivity contribution in [1.82, 2.24) is 5.32 Å². The number of phenolic OH excluding ortho intramolecular Hbond substituents is 1. The van der Waals surface area contributed by atoms with Crippen LogP contribution < -0.4 is 5.32 Å². The van der Waals surface area contributed by atoms with Gasteiger partial charge in [0.15, 0.2) is 6.10 Å². The second-order valence-corrected chi connectivity index (χ2v) is 5.74. The van der Waals surface area contributed by atoms with E-state index in [-0.39, 0.29) is 11.7 Å². The Morgan fingerprint density at radius 3 is 2.65 bits per heavy atom. The Morgan fingerprint density at radius 1 is 1.26 bits per heavy atom. The van der Waals surface area contributed by atoms with Crippen molar-refractivity contribution < 1.29 is 19.4 Å². The van der Waals surface area contributed by atoms with E-state index >= 15 is 0 Å². The number of rotatable bonds is 6. The number of phenols is 1. The van der Waals surface area contributed by atoms with Crippen LogP contribution in [0.5, 0.6) is 5.75 Å². The van der Waals surface area contributed by atoms with Gasteiger partial charge in [-0.25, -0.2) is 4.79 Å². The molecule has 0 heterocycles. The summed E-state index contributed by atoms with van der Waals surface area (Å²) in [7, 11) is 0. The highest BCUT2D eigenvalue weighted by Gasteiger charge is 2.18. The van der Waals surface area contributed by atoms with Crippen LogP contribution in [0.4, 0.5) is 0 Å². The monoisotopic (exact) mass is 317 g/mol. The van der Waals surface area contributed by atoms with Gasteiger partial charge in [-0.1, -0.05) is 11.6 Å². The lowest BCUT2D eigenvalue weighted by atomic mass is 9.97. The van der Waals surface area contributed by atoms with Crippen molar-refractivity contribution in [2.75, 3.05) is 6.54 Å². The number of hydrogen-bond donors (Lipinski definition) is 2. The van der Waals surface area contributed by atoms with Gasteiger partial charge in [-0.05, 0) is 63.3 Å². The summed E-state index contributed by atoms with van der Waals surface area (Å²) in [5, 5.41) is 12.0. The van der Waals surface area contributed by atoms with E-state index in [1.54, 1.807) is 6.92 Å². The summed E-state index contributed by atoms with van der Waals surface area (Å²) in [6.07, 6.45) is 6.97. The Labute approximate surface area is 136 Å². The van der Waals surface area contributed by atoms with Crippen molar-refractivity contribution in [3.05, 3.63) is 41.5 Å². The molecule has 1 aromatic rings. The molecular formula is C18H23NO4. The molecule has 23 heavy (non-hydrogen) atoms. The molecule has 1 aliphatic carbocycles. The molecule has 2 rings (SSSR count). The van der Waals surface area contributed by atoms with Crippen LogP contribution in [0.15, 0.2) is 35.9 Å². The van der Waals surface area contributed by atoms with Gasteiger partial charge < -0.3 is 15.2 Å². The minimum Gasteiger partial charge on any atom is -0.508 e. The van der Waals surface area contributed by atoms with Gasteiger partial charge >= 0.3 is 5.97 Å². The van der Waals surface area contributed by atoms with Gasteiger partial charge in [0.05, 0.1) is 5.56 Å². The van der Waals surface area contributed by atoms with Crippen LogP contribution in [0, 0.1) is 0 Å². The van der Waals surface area contributed by atoms with Gasteiger partial charge in [0.1, 0.15) is 5.75 Å². The first-order chi connectivity index (χ1) is 11.1. The molecule has 0 saturated carbocycles. The summed E-state index contributed by atoms with van der Waals surface area (Å²) in [5.74, 6) is -0.805. The molecule has 0 aliphatic heterocycles. The van der Waals surface area contributed by atoms with E-state index in [2.05, 4.69) is 11.4 Å². The summed E-state index contributed by atoms with van der Waals surface area (Å²) in [5.41, 5.74) is 1.69.